The summed E-state index contributed by atoms with van der Waals surface area (Å²) in [6.45, 7) is 12.9. The van der Waals surface area contributed by atoms with Crippen LogP contribution in [-0.4, -0.2) is 25.3 Å². The molecule has 1 heterocycles. The molecule has 256 valence electrons. The molecule has 0 radical (unpaired) electrons. The highest BCUT2D eigenvalue weighted by atomic mass is 16.6. The fourth-order valence-corrected chi connectivity index (χ4v) is 11.8. The van der Waals surface area contributed by atoms with Gasteiger partial charge in [-0.3, -0.25) is 4.90 Å². The van der Waals surface area contributed by atoms with E-state index in [4.69, 9.17) is 9.47 Å². The van der Waals surface area contributed by atoms with Gasteiger partial charge in [-0.25, -0.2) is 4.79 Å². The van der Waals surface area contributed by atoms with E-state index in [1.807, 2.05) is 47.4 Å². The molecule has 4 heteroatoms. The number of methoxy groups -OCH3 is 1. The van der Waals surface area contributed by atoms with Crippen molar-refractivity contribution in [1.29, 1.82) is 0 Å². The number of nitrogens with zero attached hydrogens (tertiary/aromatic N) is 1. The number of ether oxygens (including phenoxy) is 2. The Kier molecular flexibility index (Phi) is 8.97. The number of hydrogen-bond donors (Lipinski definition) is 0. The summed E-state index contributed by atoms with van der Waals surface area (Å²) >= 11 is 0. The average Bonchev–Trinajstić information content (AvgIpc) is 3.60. The minimum absolute atomic E-state index is 0.0713. The van der Waals surface area contributed by atoms with E-state index in [1.54, 1.807) is 7.11 Å². The van der Waals surface area contributed by atoms with Crippen LogP contribution in [0.5, 0.6) is 5.75 Å². The molecule has 3 saturated carbocycles. The number of amides is 1. The van der Waals surface area contributed by atoms with Gasteiger partial charge in [0.25, 0.3) is 0 Å². The monoisotopic (exact) mass is 647 g/mol. The zero-order valence-electron chi connectivity index (χ0n) is 30.3. The lowest BCUT2D eigenvalue weighted by molar-refractivity contribution is -0.103. The first-order valence-electron chi connectivity index (χ1n) is 19.0. The predicted molar refractivity (Wildman–Crippen MR) is 195 cm³/mol. The van der Waals surface area contributed by atoms with Crippen molar-refractivity contribution in [2.24, 2.45) is 52.3 Å². The largest absolute Gasteiger partial charge is 0.497 e. The molecule has 1 spiro atoms. The van der Waals surface area contributed by atoms with Crippen LogP contribution < -0.4 is 9.64 Å². The number of anilines is 1. The summed E-state index contributed by atoms with van der Waals surface area (Å²) in [6, 6.07) is 18.1. The molecule has 0 unspecified atom stereocenters. The van der Waals surface area contributed by atoms with Crippen LogP contribution in [0.3, 0.4) is 0 Å². The lowest BCUT2D eigenvalue weighted by Crippen LogP contribution is -2.60. The van der Waals surface area contributed by atoms with Gasteiger partial charge in [-0.15, -0.1) is 0 Å². The molecule has 7 rings (SSSR count). The van der Waals surface area contributed by atoms with Crippen LogP contribution in [0.4, 0.5) is 10.5 Å². The van der Waals surface area contributed by atoms with Crippen molar-refractivity contribution >= 4 is 11.8 Å². The maximum Gasteiger partial charge on any atom is 0.415 e. The molecular formula is C44H57NO3. The molecule has 0 N–H and O–H groups in total. The van der Waals surface area contributed by atoms with Crippen molar-refractivity contribution < 1.29 is 14.3 Å². The van der Waals surface area contributed by atoms with Gasteiger partial charge in [0.2, 0.25) is 0 Å². The second-order valence-corrected chi connectivity index (χ2v) is 17.1. The molecule has 1 aliphatic heterocycles. The Hall–Kier alpha value is -3.19. The molecule has 5 aliphatic rings. The zero-order valence-corrected chi connectivity index (χ0v) is 30.3. The summed E-state index contributed by atoms with van der Waals surface area (Å²) in [5.74, 6) is 13.0. The molecule has 1 saturated heterocycles. The highest BCUT2D eigenvalue weighted by Gasteiger charge is 2.65. The average molecular weight is 648 g/mol. The standard InChI is InChI=1S/C44H57NO3/c1-30(2)11-10-12-31(3)38-23-24-39-37-22-17-33-27-34(16-15-32-13-8-7-9-14-32)44(28-43(33,5)40(37)25-26-42(38,39)4)29-48-41(46)45(44)35-18-20-36(47-6)21-19-35/h7-9,13-14,18-21,27,30-31,33,37-40H,10-12,17,22-26,28-29H2,1-6H3/t31-,33+,37+,38-,39+,40+,42-,43+,44+/m1/s1. The fourth-order valence-electron chi connectivity index (χ4n) is 11.8. The summed E-state index contributed by atoms with van der Waals surface area (Å²) in [5.41, 5.74) is 2.78. The minimum Gasteiger partial charge on any atom is -0.497 e. The van der Waals surface area contributed by atoms with Gasteiger partial charge < -0.3 is 9.47 Å². The molecule has 2 aromatic carbocycles. The number of carbonyl (C=O) groups is 1. The van der Waals surface area contributed by atoms with Crippen molar-refractivity contribution in [2.45, 2.75) is 104 Å². The number of carbonyl (C=O) groups excluding carboxylic acids is 1. The summed E-state index contributed by atoms with van der Waals surface area (Å²) in [7, 11) is 1.68. The van der Waals surface area contributed by atoms with Gasteiger partial charge in [0, 0.05) is 16.8 Å². The van der Waals surface area contributed by atoms with Gasteiger partial charge >= 0.3 is 6.09 Å². The number of allylic oxidation sites excluding steroid dienone is 1. The van der Waals surface area contributed by atoms with E-state index in [2.05, 4.69) is 64.7 Å². The molecule has 48 heavy (non-hydrogen) atoms. The molecule has 2 aromatic rings. The molecule has 1 amide bonds. The van der Waals surface area contributed by atoms with Gasteiger partial charge in [-0.2, -0.15) is 0 Å². The molecular weight excluding hydrogens is 590 g/mol. The van der Waals surface area contributed by atoms with Gasteiger partial charge in [0.1, 0.15) is 17.9 Å². The first kappa shape index (κ1) is 33.3. The summed E-state index contributed by atoms with van der Waals surface area (Å²) in [6.07, 6.45) is 15.2. The van der Waals surface area contributed by atoms with E-state index in [-0.39, 0.29) is 11.5 Å². The third-order valence-corrected chi connectivity index (χ3v) is 14.2. The van der Waals surface area contributed by atoms with Gasteiger partial charge in [0.15, 0.2) is 0 Å². The maximum absolute atomic E-state index is 13.8. The summed E-state index contributed by atoms with van der Waals surface area (Å²) in [4.78, 5) is 15.7. The summed E-state index contributed by atoms with van der Waals surface area (Å²) < 4.78 is 11.5. The molecule has 9 atom stereocenters. The first-order valence-corrected chi connectivity index (χ1v) is 19.0. The highest BCUT2D eigenvalue weighted by Crippen LogP contribution is 2.69. The van der Waals surface area contributed by atoms with Crippen molar-refractivity contribution in [3.63, 3.8) is 0 Å². The Bertz CT molecular complexity index is 1570. The van der Waals surface area contributed by atoms with E-state index < -0.39 is 5.54 Å². The Morgan fingerprint density at radius 3 is 2.38 bits per heavy atom. The van der Waals surface area contributed by atoms with E-state index in [0.29, 0.717) is 23.9 Å². The minimum atomic E-state index is -0.634. The van der Waals surface area contributed by atoms with Gasteiger partial charge in [-0.05, 0) is 134 Å². The highest BCUT2D eigenvalue weighted by molar-refractivity contribution is 5.93. The zero-order chi connectivity index (χ0) is 33.7. The quantitative estimate of drug-likeness (QED) is 0.281. The third kappa shape index (κ3) is 5.58. The van der Waals surface area contributed by atoms with Crippen molar-refractivity contribution in [1.82, 2.24) is 0 Å². The Morgan fingerprint density at radius 2 is 1.65 bits per heavy atom. The first-order chi connectivity index (χ1) is 23.1. The van der Waals surface area contributed by atoms with E-state index in [1.165, 1.54) is 57.8 Å². The number of fused-ring (bicyclic) bond motifs is 5. The Balaban J connectivity index is 1.23. The van der Waals surface area contributed by atoms with Crippen LogP contribution in [-0.2, 0) is 4.74 Å². The normalized spacial score (nSPS) is 36.0. The lowest BCUT2D eigenvalue weighted by atomic mass is 9.43. The predicted octanol–water partition coefficient (Wildman–Crippen LogP) is 10.7. The SMILES string of the molecule is COc1ccc(N2C(=O)OC[C@]23C[C@@]2(C)[C@H](C=C3C#Cc3ccccc3)CC[C@@H]3[C@@H]2CC[C@]2(C)[C@@H]([C@H](C)CCCC(C)C)CC[C@@H]32)cc1. The van der Waals surface area contributed by atoms with Crippen molar-refractivity contribution in [2.75, 3.05) is 18.6 Å². The fraction of sp³-hybridized carbons (Fsp3) is 0.614. The number of benzene rings is 2. The molecule has 4 fully saturated rings. The van der Waals surface area contributed by atoms with Gasteiger partial charge in [-0.1, -0.05) is 90.0 Å². The van der Waals surface area contributed by atoms with Crippen molar-refractivity contribution in [3.8, 4) is 17.6 Å². The number of rotatable bonds is 7. The second kappa shape index (κ2) is 12.9. The smallest absolute Gasteiger partial charge is 0.415 e. The third-order valence-electron chi connectivity index (χ3n) is 14.2. The summed E-state index contributed by atoms with van der Waals surface area (Å²) in [5, 5.41) is 0. The molecule has 4 aliphatic carbocycles. The molecule has 0 aromatic heterocycles. The maximum atomic E-state index is 13.8. The lowest BCUT2D eigenvalue weighted by Gasteiger charge is -2.62. The molecule has 0 bridgehead atoms. The van der Waals surface area contributed by atoms with E-state index >= 15 is 0 Å². The van der Waals surface area contributed by atoms with Crippen LogP contribution >= 0.6 is 0 Å². The van der Waals surface area contributed by atoms with Crippen LogP contribution in [0.2, 0.25) is 0 Å². The van der Waals surface area contributed by atoms with E-state index in [0.717, 1.165) is 58.6 Å². The number of hydrogen-bond acceptors (Lipinski definition) is 3. The Morgan fingerprint density at radius 1 is 0.896 bits per heavy atom. The van der Waals surface area contributed by atoms with Crippen LogP contribution in [0.1, 0.15) is 104 Å². The van der Waals surface area contributed by atoms with Gasteiger partial charge in [0.05, 0.1) is 7.11 Å². The number of cyclic esters (lactones) is 1. The van der Waals surface area contributed by atoms with Crippen LogP contribution in [0, 0.1) is 64.1 Å². The van der Waals surface area contributed by atoms with Crippen LogP contribution in [0.25, 0.3) is 0 Å². The topological polar surface area (TPSA) is 38.8 Å². The van der Waals surface area contributed by atoms with E-state index in [9.17, 15) is 4.79 Å². The van der Waals surface area contributed by atoms with Crippen LogP contribution in [0.15, 0.2) is 66.2 Å². The Labute approximate surface area is 290 Å². The van der Waals surface area contributed by atoms with Crippen molar-refractivity contribution in [3.05, 3.63) is 71.8 Å². The molecule has 4 nitrogen and oxygen atoms in total. The second-order valence-electron chi connectivity index (χ2n) is 17.1.